The first-order valence-corrected chi connectivity index (χ1v) is 9.86. The van der Waals surface area contributed by atoms with Crippen LogP contribution in [-0.4, -0.2) is 37.2 Å². The Bertz CT molecular complexity index is 810. The van der Waals surface area contributed by atoms with Crippen molar-refractivity contribution in [3.63, 3.8) is 0 Å². The molecule has 0 radical (unpaired) electrons. The van der Waals surface area contributed by atoms with Crippen LogP contribution in [0.1, 0.15) is 24.4 Å². The number of nitrogens with zero attached hydrogens (tertiary/aromatic N) is 1. The maximum atomic E-state index is 12.7. The zero-order valence-corrected chi connectivity index (χ0v) is 16.5. The van der Waals surface area contributed by atoms with Crippen LogP contribution >= 0.6 is 22.6 Å². The molecule has 1 amide bonds. The van der Waals surface area contributed by atoms with Gasteiger partial charge in [0.25, 0.3) is 5.91 Å². The van der Waals surface area contributed by atoms with Crippen LogP contribution in [0.2, 0.25) is 0 Å². The van der Waals surface area contributed by atoms with Crippen LogP contribution in [0.5, 0.6) is 17.2 Å². The van der Waals surface area contributed by atoms with E-state index in [1.165, 1.54) is 0 Å². The highest BCUT2D eigenvalue weighted by molar-refractivity contribution is 14.1. The standard InChI is InChI=1S/C20H20INO4/c21-15-3-1-4-16(12-15)26-13-20(23)22-8-2-5-17(22)14-6-7-18-19(11-14)25-10-9-24-18/h1,3-4,6-7,11-12,17H,2,5,8-10,13H2. The molecule has 0 N–H and O–H groups in total. The van der Waals surface area contributed by atoms with E-state index >= 15 is 0 Å². The Hall–Kier alpha value is -1.96. The topological polar surface area (TPSA) is 48.0 Å². The fourth-order valence-corrected chi connectivity index (χ4v) is 3.98. The van der Waals surface area contributed by atoms with Gasteiger partial charge in [-0.25, -0.2) is 0 Å². The van der Waals surface area contributed by atoms with E-state index in [1.54, 1.807) is 0 Å². The van der Waals surface area contributed by atoms with Crippen molar-refractivity contribution in [1.29, 1.82) is 0 Å². The Morgan fingerprint density at radius 2 is 2.00 bits per heavy atom. The molecule has 2 heterocycles. The summed E-state index contributed by atoms with van der Waals surface area (Å²) in [5.74, 6) is 2.28. The molecule has 0 saturated carbocycles. The van der Waals surface area contributed by atoms with Crippen LogP contribution in [0.25, 0.3) is 0 Å². The lowest BCUT2D eigenvalue weighted by molar-refractivity contribution is -0.134. The third-order valence-corrected chi connectivity index (χ3v) is 5.35. The molecule has 26 heavy (non-hydrogen) atoms. The third-order valence-electron chi connectivity index (χ3n) is 4.68. The smallest absolute Gasteiger partial charge is 0.261 e. The van der Waals surface area contributed by atoms with Gasteiger partial charge in [0.15, 0.2) is 18.1 Å². The Morgan fingerprint density at radius 1 is 1.15 bits per heavy atom. The molecule has 0 spiro atoms. The summed E-state index contributed by atoms with van der Waals surface area (Å²) in [6, 6.07) is 13.8. The van der Waals surface area contributed by atoms with E-state index in [0.717, 1.165) is 45.8 Å². The predicted molar refractivity (Wildman–Crippen MR) is 106 cm³/mol. The first-order valence-electron chi connectivity index (χ1n) is 8.78. The maximum absolute atomic E-state index is 12.7. The predicted octanol–water partition coefficient (Wildman–Crippen LogP) is 3.80. The molecule has 0 aliphatic carbocycles. The first-order chi connectivity index (χ1) is 12.7. The minimum atomic E-state index is 0.0150. The fourth-order valence-electron chi connectivity index (χ4n) is 3.46. The van der Waals surface area contributed by atoms with Gasteiger partial charge in [0.1, 0.15) is 19.0 Å². The van der Waals surface area contributed by atoms with Crippen molar-refractivity contribution in [1.82, 2.24) is 4.90 Å². The van der Waals surface area contributed by atoms with Gasteiger partial charge in [-0.1, -0.05) is 12.1 Å². The van der Waals surface area contributed by atoms with Gasteiger partial charge in [-0.3, -0.25) is 4.79 Å². The SMILES string of the molecule is O=C(COc1cccc(I)c1)N1CCCC1c1ccc2c(c1)OCCO2. The van der Waals surface area contributed by atoms with Gasteiger partial charge in [-0.2, -0.15) is 0 Å². The molecule has 136 valence electrons. The lowest BCUT2D eigenvalue weighted by atomic mass is 10.0. The van der Waals surface area contributed by atoms with E-state index in [2.05, 4.69) is 22.6 Å². The highest BCUT2D eigenvalue weighted by Crippen LogP contribution is 2.38. The molecule has 2 aliphatic heterocycles. The molecule has 0 aromatic heterocycles. The zero-order chi connectivity index (χ0) is 17.9. The minimum Gasteiger partial charge on any atom is -0.486 e. The van der Waals surface area contributed by atoms with Gasteiger partial charge in [-0.05, 0) is 71.3 Å². The molecular formula is C20H20INO4. The second-order valence-electron chi connectivity index (χ2n) is 6.39. The van der Waals surface area contributed by atoms with Crippen LogP contribution < -0.4 is 14.2 Å². The number of fused-ring (bicyclic) bond motifs is 1. The number of likely N-dealkylation sites (tertiary alicyclic amines) is 1. The molecule has 6 heteroatoms. The maximum Gasteiger partial charge on any atom is 0.261 e. The number of benzene rings is 2. The number of hydrogen-bond acceptors (Lipinski definition) is 4. The number of ether oxygens (including phenoxy) is 3. The Morgan fingerprint density at radius 3 is 2.85 bits per heavy atom. The number of hydrogen-bond donors (Lipinski definition) is 0. The summed E-state index contributed by atoms with van der Waals surface area (Å²) in [6.45, 7) is 1.96. The summed E-state index contributed by atoms with van der Waals surface area (Å²) in [6.07, 6.45) is 1.95. The van der Waals surface area contributed by atoms with Gasteiger partial charge < -0.3 is 19.1 Å². The average Bonchev–Trinajstić information content (AvgIpc) is 3.16. The summed E-state index contributed by atoms with van der Waals surface area (Å²) in [5, 5.41) is 0. The molecule has 1 saturated heterocycles. The summed E-state index contributed by atoms with van der Waals surface area (Å²) in [5.41, 5.74) is 1.09. The van der Waals surface area contributed by atoms with Crippen molar-refractivity contribution in [2.45, 2.75) is 18.9 Å². The molecule has 1 unspecified atom stereocenters. The average molecular weight is 465 g/mol. The number of halogens is 1. The van der Waals surface area contributed by atoms with Crippen molar-refractivity contribution in [3.8, 4) is 17.2 Å². The van der Waals surface area contributed by atoms with E-state index in [9.17, 15) is 4.79 Å². The lowest BCUT2D eigenvalue weighted by Crippen LogP contribution is -2.34. The first kappa shape index (κ1) is 17.5. The molecule has 2 aromatic rings. The number of amides is 1. The van der Waals surface area contributed by atoms with Crippen LogP contribution in [0.15, 0.2) is 42.5 Å². The fraction of sp³-hybridized carbons (Fsp3) is 0.350. The quantitative estimate of drug-likeness (QED) is 0.645. The van der Waals surface area contributed by atoms with Crippen molar-refractivity contribution in [2.75, 3.05) is 26.4 Å². The van der Waals surface area contributed by atoms with Gasteiger partial charge in [0, 0.05) is 10.1 Å². The lowest BCUT2D eigenvalue weighted by Gasteiger charge is -2.26. The zero-order valence-electron chi connectivity index (χ0n) is 14.3. The van der Waals surface area contributed by atoms with Crippen LogP contribution in [-0.2, 0) is 4.79 Å². The van der Waals surface area contributed by atoms with E-state index in [1.807, 2.05) is 47.4 Å². The molecule has 5 nitrogen and oxygen atoms in total. The highest BCUT2D eigenvalue weighted by Gasteiger charge is 2.31. The van der Waals surface area contributed by atoms with Gasteiger partial charge in [-0.15, -0.1) is 0 Å². The Labute approximate surface area is 166 Å². The van der Waals surface area contributed by atoms with Crippen LogP contribution in [0.4, 0.5) is 0 Å². The number of carbonyl (C=O) groups is 1. The van der Waals surface area contributed by atoms with Gasteiger partial charge in [0.2, 0.25) is 0 Å². The molecule has 1 atom stereocenters. The second-order valence-corrected chi connectivity index (χ2v) is 7.64. The monoisotopic (exact) mass is 465 g/mol. The third kappa shape index (κ3) is 3.75. The summed E-state index contributed by atoms with van der Waals surface area (Å²) < 4.78 is 18.0. The number of rotatable bonds is 4. The Kier molecular flexibility index (Phi) is 5.19. The normalized spacial score (nSPS) is 18.7. The minimum absolute atomic E-state index is 0.0150. The molecule has 1 fully saturated rings. The largest absolute Gasteiger partial charge is 0.486 e. The van der Waals surface area contributed by atoms with Crippen molar-refractivity contribution >= 4 is 28.5 Å². The molecule has 2 aromatic carbocycles. The Balaban J connectivity index is 1.45. The molecule has 0 bridgehead atoms. The van der Waals surface area contributed by atoms with E-state index in [4.69, 9.17) is 14.2 Å². The van der Waals surface area contributed by atoms with Crippen molar-refractivity contribution in [2.24, 2.45) is 0 Å². The summed E-state index contributed by atoms with van der Waals surface area (Å²) >= 11 is 2.23. The van der Waals surface area contributed by atoms with Gasteiger partial charge in [0.05, 0.1) is 6.04 Å². The van der Waals surface area contributed by atoms with E-state index in [0.29, 0.717) is 13.2 Å². The van der Waals surface area contributed by atoms with Crippen molar-refractivity contribution in [3.05, 3.63) is 51.6 Å². The molecule has 2 aliphatic rings. The highest BCUT2D eigenvalue weighted by atomic mass is 127. The summed E-state index contributed by atoms with van der Waals surface area (Å²) in [4.78, 5) is 14.6. The summed E-state index contributed by atoms with van der Waals surface area (Å²) in [7, 11) is 0. The molecule has 4 rings (SSSR count). The van der Waals surface area contributed by atoms with Crippen LogP contribution in [0.3, 0.4) is 0 Å². The van der Waals surface area contributed by atoms with Gasteiger partial charge >= 0.3 is 0 Å². The second kappa shape index (κ2) is 7.73. The molecular weight excluding hydrogens is 445 g/mol. The number of carbonyl (C=O) groups excluding carboxylic acids is 1. The van der Waals surface area contributed by atoms with Crippen molar-refractivity contribution < 1.29 is 19.0 Å². The van der Waals surface area contributed by atoms with Crippen LogP contribution in [0, 0.1) is 3.57 Å². The van der Waals surface area contributed by atoms with E-state index in [-0.39, 0.29) is 18.6 Å². The van der Waals surface area contributed by atoms with E-state index < -0.39 is 0 Å².